The largest absolute Gasteiger partial charge is 0.341 e. The topological polar surface area (TPSA) is 20.3 Å². The van der Waals surface area contributed by atoms with E-state index in [-0.39, 0.29) is 5.91 Å². The van der Waals surface area contributed by atoms with Crippen LogP contribution in [-0.2, 0) is 0 Å². The molecule has 104 valence electrons. The van der Waals surface area contributed by atoms with Gasteiger partial charge in [-0.1, -0.05) is 41.3 Å². The molecule has 1 saturated carbocycles. The van der Waals surface area contributed by atoms with Gasteiger partial charge in [0, 0.05) is 23.6 Å². The number of carbonyl (C=O) groups excluding carboxylic acids is 1. The molecule has 0 aromatic heterocycles. The summed E-state index contributed by atoms with van der Waals surface area (Å²) in [5.74, 6) is 0.822. The lowest BCUT2D eigenvalue weighted by molar-refractivity contribution is 0.0760. The smallest absolute Gasteiger partial charge is 0.253 e. The molecule has 0 radical (unpaired) electrons. The summed E-state index contributed by atoms with van der Waals surface area (Å²) in [6, 6.07) is 5.83. The van der Waals surface area contributed by atoms with E-state index in [1.807, 2.05) is 37.1 Å². The molecule has 2 rings (SSSR count). The first-order chi connectivity index (χ1) is 9.08. The lowest BCUT2D eigenvalue weighted by Crippen LogP contribution is -2.32. The SMILES string of the molecule is Cc1ccc(C(=O)N(C)CC2CCCCC2)cc1Br. The zero-order valence-electron chi connectivity index (χ0n) is 11.8. The minimum atomic E-state index is 0.131. The number of benzene rings is 1. The van der Waals surface area contributed by atoms with Crippen LogP contribution in [0.3, 0.4) is 0 Å². The number of hydrogen-bond acceptors (Lipinski definition) is 1. The van der Waals surface area contributed by atoms with E-state index in [2.05, 4.69) is 15.9 Å². The molecule has 1 aliphatic carbocycles. The Bertz CT molecular complexity index is 452. The molecule has 0 atom stereocenters. The maximum absolute atomic E-state index is 12.4. The molecule has 1 aliphatic rings. The zero-order chi connectivity index (χ0) is 13.8. The van der Waals surface area contributed by atoms with E-state index in [1.165, 1.54) is 32.1 Å². The molecular formula is C16H22BrNO. The second-order valence-electron chi connectivity index (χ2n) is 5.65. The van der Waals surface area contributed by atoms with Gasteiger partial charge in [0.15, 0.2) is 0 Å². The third-order valence-electron chi connectivity index (χ3n) is 4.02. The van der Waals surface area contributed by atoms with Crippen LogP contribution in [-0.4, -0.2) is 24.4 Å². The molecule has 0 saturated heterocycles. The normalized spacial score (nSPS) is 16.4. The molecule has 19 heavy (non-hydrogen) atoms. The maximum Gasteiger partial charge on any atom is 0.253 e. The minimum absolute atomic E-state index is 0.131. The molecule has 0 unspecified atom stereocenters. The van der Waals surface area contributed by atoms with Crippen molar-refractivity contribution in [1.82, 2.24) is 4.90 Å². The van der Waals surface area contributed by atoms with Crippen molar-refractivity contribution >= 4 is 21.8 Å². The third-order valence-corrected chi connectivity index (χ3v) is 4.88. The number of amides is 1. The summed E-state index contributed by atoms with van der Waals surface area (Å²) in [7, 11) is 1.92. The van der Waals surface area contributed by atoms with Crippen LogP contribution in [0, 0.1) is 12.8 Å². The van der Waals surface area contributed by atoms with Crippen molar-refractivity contribution in [3.8, 4) is 0 Å². The molecule has 0 bridgehead atoms. The predicted octanol–water partition coefficient (Wildman–Crippen LogP) is 4.41. The molecule has 0 N–H and O–H groups in total. The molecule has 0 heterocycles. The fourth-order valence-electron chi connectivity index (χ4n) is 2.79. The van der Waals surface area contributed by atoms with E-state index in [1.54, 1.807) is 0 Å². The zero-order valence-corrected chi connectivity index (χ0v) is 13.4. The first-order valence-electron chi connectivity index (χ1n) is 7.09. The van der Waals surface area contributed by atoms with Crippen molar-refractivity contribution in [1.29, 1.82) is 0 Å². The molecule has 1 aromatic carbocycles. The Morgan fingerprint density at radius 1 is 1.32 bits per heavy atom. The van der Waals surface area contributed by atoms with Gasteiger partial charge in [-0.2, -0.15) is 0 Å². The van der Waals surface area contributed by atoms with E-state index < -0.39 is 0 Å². The molecule has 0 spiro atoms. The van der Waals surface area contributed by atoms with Crippen molar-refractivity contribution in [2.24, 2.45) is 5.92 Å². The maximum atomic E-state index is 12.4. The number of carbonyl (C=O) groups is 1. The van der Waals surface area contributed by atoms with Crippen molar-refractivity contribution in [2.75, 3.05) is 13.6 Å². The minimum Gasteiger partial charge on any atom is -0.341 e. The van der Waals surface area contributed by atoms with Gasteiger partial charge in [-0.3, -0.25) is 4.79 Å². The molecule has 1 amide bonds. The van der Waals surface area contributed by atoms with Crippen molar-refractivity contribution in [2.45, 2.75) is 39.0 Å². The van der Waals surface area contributed by atoms with Crippen LogP contribution >= 0.6 is 15.9 Å². The van der Waals surface area contributed by atoms with Crippen LogP contribution in [0.1, 0.15) is 48.0 Å². The molecule has 1 fully saturated rings. The summed E-state index contributed by atoms with van der Waals surface area (Å²) < 4.78 is 1.00. The number of aryl methyl sites for hydroxylation is 1. The van der Waals surface area contributed by atoms with Gasteiger partial charge in [0.05, 0.1) is 0 Å². The fourth-order valence-corrected chi connectivity index (χ4v) is 3.16. The van der Waals surface area contributed by atoms with Crippen molar-refractivity contribution in [3.05, 3.63) is 33.8 Å². The quantitative estimate of drug-likeness (QED) is 0.806. The first kappa shape index (κ1) is 14.6. The molecule has 2 nitrogen and oxygen atoms in total. The summed E-state index contributed by atoms with van der Waals surface area (Å²) in [5, 5.41) is 0. The number of halogens is 1. The highest BCUT2D eigenvalue weighted by Crippen LogP contribution is 2.25. The molecular weight excluding hydrogens is 302 g/mol. The summed E-state index contributed by atoms with van der Waals surface area (Å²) in [4.78, 5) is 14.3. The van der Waals surface area contributed by atoms with Crippen LogP contribution in [0.25, 0.3) is 0 Å². The Morgan fingerprint density at radius 2 is 2.00 bits per heavy atom. The highest BCUT2D eigenvalue weighted by molar-refractivity contribution is 9.10. The molecule has 0 aliphatic heterocycles. The Balaban J connectivity index is 1.99. The molecule has 3 heteroatoms. The standard InChI is InChI=1S/C16H22BrNO/c1-12-8-9-14(10-15(12)17)16(19)18(2)11-13-6-4-3-5-7-13/h8-10,13H,3-7,11H2,1-2H3. The van der Waals surface area contributed by atoms with Gasteiger partial charge in [0.2, 0.25) is 0 Å². The van der Waals surface area contributed by atoms with Gasteiger partial charge in [-0.05, 0) is 43.4 Å². The number of hydrogen-bond donors (Lipinski definition) is 0. The average Bonchev–Trinajstić information content (AvgIpc) is 2.42. The Labute approximate surface area is 124 Å². The summed E-state index contributed by atoms with van der Waals surface area (Å²) in [6.45, 7) is 2.93. The summed E-state index contributed by atoms with van der Waals surface area (Å²) in [6.07, 6.45) is 6.55. The van der Waals surface area contributed by atoms with Crippen LogP contribution < -0.4 is 0 Å². The molecule has 1 aromatic rings. The van der Waals surface area contributed by atoms with Gasteiger partial charge in [-0.15, -0.1) is 0 Å². The third kappa shape index (κ3) is 3.82. The van der Waals surface area contributed by atoms with Crippen LogP contribution in [0.4, 0.5) is 0 Å². The van der Waals surface area contributed by atoms with Crippen LogP contribution in [0.15, 0.2) is 22.7 Å². The Hall–Kier alpha value is -0.830. The van der Waals surface area contributed by atoms with Crippen LogP contribution in [0.5, 0.6) is 0 Å². The number of rotatable bonds is 3. The lowest BCUT2D eigenvalue weighted by atomic mass is 9.89. The van der Waals surface area contributed by atoms with Gasteiger partial charge in [-0.25, -0.2) is 0 Å². The van der Waals surface area contributed by atoms with E-state index in [0.717, 1.165) is 22.1 Å². The van der Waals surface area contributed by atoms with Crippen LogP contribution in [0.2, 0.25) is 0 Å². The first-order valence-corrected chi connectivity index (χ1v) is 7.89. The van der Waals surface area contributed by atoms with Crippen molar-refractivity contribution in [3.63, 3.8) is 0 Å². The Morgan fingerprint density at radius 3 is 2.63 bits per heavy atom. The van der Waals surface area contributed by atoms with E-state index >= 15 is 0 Å². The highest BCUT2D eigenvalue weighted by atomic mass is 79.9. The van der Waals surface area contributed by atoms with Gasteiger partial charge >= 0.3 is 0 Å². The highest BCUT2D eigenvalue weighted by Gasteiger charge is 2.19. The van der Waals surface area contributed by atoms with E-state index in [4.69, 9.17) is 0 Å². The summed E-state index contributed by atoms with van der Waals surface area (Å²) in [5.41, 5.74) is 1.93. The fraction of sp³-hybridized carbons (Fsp3) is 0.562. The van der Waals surface area contributed by atoms with Crippen molar-refractivity contribution < 1.29 is 4.79 Å². The van der Waals surface area contributed by atoms with Gasteiger partial charge < -0.3 is 4.90 Å². The predicted molar refractivity (Wildman–Crippen MR) is 82.4 cm³/mol. The van der Waals surface area contributed by atoms with E-state index in [0.29, 0.717) is 5.92 Å². The average molecular weight is 324 g/mol. The van der Waals surface area contributed by atoms with Gasteiger partial charge in [0.1, 0.15) is 0 Å². The lowest BCUT2D eigenvalue weighted by Gasteiger charge is -2.27. The second-order valence-corrected chi connectivity index (χ2v) is 6.51. The van der Waals surface area contributed by atoms with E-state index in [9.17, 15) is 4.79 Å². The second kappa shape index (κ2) is 6.56. The number of nitrogens with zero attached hydrogens (tertiary/aromatic N) is 1. The van der Waals surface area contributed by atoms with Gasteiger partial charge in [0.25, 0.3) is 5.91 Å². The Kier molecular flexibility index (Phi) is 5.03. The summed E-state index contributed by atoms with van der Waals surface area (Å²) >= 11 is 3.49. The monoisotopic (exact) mass is 323 g/mol.